The minimum atomic E-state index is -3.89. The quantitative estimate of drug-likeness (QED) is 0.535. The standard InChI is InChI=1S/C21H27F2N7O2S/c1-13-11-19(27-26-13)25-18-6-4-5-17(24-18)12-16-7-9-29(10-8-16)33(31,32)20-14(2)28-30(15(20)3)21(22)23/h4-6,11,16,21H,7-10,12H2,1-3H3,(H2,24,25,26,27). The summed E-state index contributed by atoms with van der Waals surface area (Å²) < 4.78 is 54.4. The fraction of sp³-hybridized carbons (Fsp3) is 0.476. The molecular formula is C21H27F2N7O2S. The first-order valence-electron chi connectivity index (χ1n) is 10.7. The van der Waals surface area contributed by atoms with Crippen molar-refractivity contribution in [3.05, 3.63) is 47.0 Å². The summed E-state index contributed by atoms with van der Waals surface area (Å²) in [5.74, 6) is 1.66. The Morgan fingerprint density at radius 3 is 2.52 bits per heavy atom. The second kappa shape index (κ2) is 9.18. The molecule has 33 heavy (non-hydrogen) atoms. The van der Waals surface area contributed by atoms with Crippen molar-refractivity contribution in [3.63, 3.8) is 0 Å². The average molecular weight is 480 g/mol. The van der Waals surface area contributed by atoms with Crippen molar-refractivity contribution in [2.24, 2.45) is 5.92 Å². The lowest BCUT2D eigenvalue weighted by Gasteiger charge is -2.31. The summed E-state index contributed by atoms with van der Waals surface area (Å²) in [7, 11) is -3.89. The third-order valence-corrected chi connectivity index (χ3v) is 8.03. The molecule has 9 nitrogen and oxygen atoms in total. The molecule has 1 aliphatic rings. The highest BCUT2D eigenvalue weighted by Gasteiger charge is 2.34. The van der Waals surface area contributed by atoms with Crippen molar-refractivity contribution in [3.8, 4) is 0 Å². The molecule has 0 unspecified atom stereocenters. The van der Waals surface area contributed by atoms with Gasteiger partial charge >= 0.3 is 6.55 Å². The molecule has 0 amide bonds. The maximum atomic E-state index is 13.1. The van der Waals surface area contributed by atoms with E-state index in [0.717, 1.165) is 17.8 Å². The minimum absolute atomic E-state index is 0.0368. The van der Waals surface area contributed by atoms with Gasteiger partial charge in [-0.25, -0.2) is 18.1 Å². The van der Waals surface area contributed by atoms with E-state index in [9.17, 15) is 17.2 Å². The molecule has 0 spiro atoms. The van der Waals surface area contributed by atoms with Gasteiger partial charge < -0.3 is 5.32 Å². The lowest BCUT2D eigenvalue weighted by atomic mass is 9.93. The maximum absolute atomic E-state index is 13.1. The van der Waals surface area contributed by atoms with Crippen molar-refractivity contribution < 1.29 is 17.2 Å². The molecule has 178 valence electrons. The highest BCUT2D eigenvalue weighted by atomic mass is 32.2. The van der Waals surface area contributed by atoms with E-state index in [4.69, 9.17) is 0 Å². The summed E-state index contributed by atoms with van der Waals surface area (Å²) in [6.07, 6.45) is 2.06. The van der Waals surface area contributed by atoms with Gasteiger partial charge in [-0.15, -0.1) is 0 Å². The number of hydrogen-bond donors (Lipinski definition) is 2. The van der Waals surface area contributed by atoms with Gasteiger partial charge in [0.15, 0.2) is 5.82 Å². The molecule has 0 atom stereocenters. The lowest BCUT2D eigenvalue weighted by molar-refractivity contribution is 0.0538. The van der Waals surface area contributed by atoms with Crippen LogP contribution >= 0.6 is 0 Å². The molecule has 3 aromatic heterocycles. The number of pyridine rings is 1. The van der Waals surface area contributed by atoms with Crippen LogP contribution in [0.2, 0.25) is 0 Å². The van der Waals surface area contributed by atoms with Crippen LogP contribution in [0.3, 0.4) is 0 Å². The number of hydrogen-bond acceptors (Lipinski definition) is 6. The number of sulfonamides is 1. The van der Waals surface area contributed by atoms with Crippen LogP contribution < -0.4 is 5.32 Å². The van der Waals surface area contributed by atoms with Crippen molar-refractivity contribution in [1.29, 1.82) is 0 Å². The third kappa shape index (κ3) is 4.91. The van der Waals surface area contributed by atoms with Crippen LogP contribution in [0, 0.1) is 26.7 Å². The number of H-pyrrole nitrogens is 1. The largest absolute Gasteiger partial charge is 0.333 e. The number of piperidine rings is 1. The normalized spacial score (nSPS) is 15.9. The number of nitrogens with zero attached hydrogens (tertiary/aromatic N) is 5. The van der Waals surface area contributed by atoms with Crippen LogP contribution in [0.15, 0.2) is 29.2 Å². The molecule has 4 rings (SSSR count). The first-order chi connectivity index (χ1) is 15.6. The molecule has 0 radical (unpaired) electrons. The number of halogens is 2. The molecule has 0 bridgehead atoms. The van der Waals surface area contributed by atoms with Crippen LogP contribution in [-0.2, 0) is 16.4 Å². The summed E-state index contributed by atoms with van der Waals surface area (Å²) in [5.41, 5.74) is 1.92. The monoisotopic (exact) mass is 479 g/mol. The van der Waals surface area contributed by atoms with Gasteiger partial charge in [-0.1, -0.05) is 6.07 Å². The first kappa shape index (κ1) is 23.3. The summed E-state index contributed by atoms with van der Waals surface area (Å²) in [5, 5.41) is 13.9. The van der Waals surface area contributed by atoms with Gasteiger partial charge in [0, 0.05) is 30.5 Å². The zero-order valence-electron chi connectivity index (χ0n) is 18.7. The summed E-state index contributed by atoms with van der Waals surface area (Å²) >= 11 is 0. The van der Waals surface area contributed by atoms with E-state index in [0.29, 0.717) is 42.2 Å². The van der Waals surface area contributed by atoms with Gasteiger partial charge in [0.25, 0.3) is 0 Å². The maximum Gasteiger partial charge on any atom is 0.333 e. The van der Waals surface area contributed by atoms with Gasteiger partial charge in [-0.05, 0) is 58.1 Å². The molecule has 1 aliphatic heterocycles. The van der Waals surface area contributed by atoms with E-state index in [-0.39, 0.29) is 22.2 Å². The molecule has 1 saturated heterocycles. The van der Waals surface area contributed by atoms with E-state index >= 15 is 0 Å². The number of anilines is 2. The molecule has 0 aromatic carbocycles. The second-order valence-corrected chi connectivity index (χ2v) is 10.2. The molecule has 12 heteroatoms. The Kier molecular flexibility index (Phi) is 6.48. The summed E-state index contributed by atoms with van der Waals surface area (Å²) in [4.78, 5) is 4.53. The molecule has 2 N–H and O–H groups in total. The van der Waals surface area contributed by atoms with Crippen LogP contribution in [0.25, 0.3) is 0 Å². The Labute approximate surface area is 191 Å². The Morgan fingerprint density at radius 2 is 1.91 bits per heavy atom. The molecule has 0 aliphatic carbocycles. The van der Waals surface area contributed by atoms with Crippen molar-refractivity contribution in [1.82, 2.24) is 29.3 Å². The Morgan fingerprint density at radius 1 is 1.18 bits per heavy atom. The molecule has 1 fully saturated rings. The SMILES string of the molecule is Cc1cc(Nc2cccc(CC3CCN(S(=O)(=O)c4c(C)nn(C(F)F)c4C)CC3)n2)n[nH]1. The number of aryl methyl sites for hydroxylation is 2. The molecule has 4 heterocycles. The first-order valence-corrected chi connectivity index (χ1v) is 12.2. The van der Waals surface area contributed by atoms with E-state index < -0.39 is 16.6 Å². The second-order valence-electron chi connectivity index (χ2n) is 8.35. The zero-order valence-corrected chi connectivity index (χ0v) is 19.5. The fourth-order valence-electron chi connectivity index (χ4n) is 4.27. The molecule has 3 aromatic rings. The van der Waals surface area contributed by atoms with Gasteiger partial charge in [-0.3, -0.25) is 5.10 Å². The molecular weight excluding hydrogens is 452 g/mol. The Bertz CT molecular complexity index is 1230. The summed E-state index contributed by atoms with van der Waals surface area (Å²) in [6.45, 7) is 2.51. The van der Waals surface area contributed by atoms with E-state index in [1.807, 2.05) is 31.2 Å². The predicted molar refractivity (Wildman–Crippen MR) is 119 cm³/mol. The van der Waals surface area contributed by atoms with Crippen molar-refractivity contribution >= 4 is 21.7 Å². The lowest BCUT2D eigenvalue weighted by Crippen LogP contribution is -2.39. The van der Waals surface area contributed by atoms with Gasteiger partial charge in [0.1, 0.15) is 10.7 Å². The number of aromatic amines is 1. The van der Waals surface area contributed by atoms with Gasteiger partial charge in [0.05, 0.1) is 11.4 Å². The topological polar surface area (TPSA) is 109 Å². The number of aromatic nitrogens is 5. The minimum Gasteiger partial charge on any atom is -0.323 e. The number of alkyl halides is 2. The van der Waals surface area contributed by atoms with E-state index in [1.165, 1.54) is 18.2 Å². The Balaban J connectivity index is 1.40. The Hall–Kier alpha value is -2.86. The number of nitrogens with one attached hydrogen (secondary N) is 2. The third-order valence-electron chi connectivity index (χ3n) is 5.88. The van der Waals surface area contributed by atoms with Crippen LogP contribution in [0.5, 0.6) is 0 Å². The summed E-state index contributed by atoms with van der Waals surface area (Å²) in [6, 6.07) is 7.64. The predicted octanol–water partition coefficient (Wildman–Crippen LogP) is 3.71. The van der Waals surface area contributed by atoms with Crippen LogP contribution in [-0.4, -0.2) is 50.8 Å². The van der Waals surface area contributed by atoms with Crippen molar-refractivity contribution in [2.45, 2.75) is 51.5 Å². The number of rotatable bonds is 7. The molecule has 0 saturated carbocycles. The zero-order chi connectivity index (χ0) is 23.8. The van der Waals surface area contributed by atoms with E-state index in [1.54, 1.807) is 0 Å². The smallest absolute Gasteiger partial charge is 0.323 e. The fourth-order valence-corrected chi connectivity index (χ4v) is 6.10. The van der Waals surface area contributed by atoms with Crippen LogP contribution in [0.1, 0.15) is 42.2 Å². The highest BCUT2D eigenvalue weighted by Crippen LogP contribution is 2.30. The highest BCUT2D eigenvalue weighted by molar-refractivity contribution is 7.89. The average Bonchev–Trinajstić information content (AvgIpc) is 3.30. The van der Waals surface area contributed by atoms with Crippen molar-refractivity contribution in [2.75, 3.05) is 18.4 Å². The van der Waals surface area contributed by atoms with Crippen LogP contribution in [0.4, 0.5) is 20.4 Å². The van der Waals surface area contributed by atoms with Gasteiger partial charge in [-0.2, -0.15) is 23.3 Å². The van der Waals surface area contributed by atoms with Gasteiger partial charge in [0.2, 0.25) is 10.0 Å². The van der Waals surface area contributed by atoms with E-state index in [2.05, 4.69) is 25.6 Å².